The zero-order valence-corrected chi connectivity index (χ0v) is 22.3. The summed E-state index contributed by atoms with van der Waals surface area (Å²) in [5, 5.41) is 70.2. The van der Waals surface area contributed by atoms with Gasteiger partial charge in [-0.25, -0.2) is 0 Å². The predicted octanol–water partition coefficient (Wildman–Crippen LogP) is 2.27. The molecule has 7 N–H and O–H groups in total. The highest BCUT2D eigenvalue weighted by molar-refractivity contribution is 6.06. The third-order valence-electron chi connectivity index (χ3n) is 8.34. The molecule has 0 aromatic heterocycles. The molecule has 2 aliphatic heterocycles. The number of carbonyl (C=O) groups excluding carboxylic acids is 2. The Kier molecular flexibility index (Phi) is 5.49. The standard InChI is InChI=1S/C16H12O6.C16H12O5/c17-10-2-1-8-13-9-4-12(19)11(18)3-7(9)5-16(13,21)6-22-15(8)14(10)20;17-9-1-2-10-14(4-9)21-7-16(20)6-8-3-12(18)13(19)5-11(8)15(10)16/h1-4,18-21H,5-6H2;1-5,18-20H,6-7H2. The lowest BCUT2D eigenvalue weighted by molar-refractivity contribution is -0.114. The Hall–Kier alpha value is -5.26. The fraction of sp³-hybridized carbons (Fsp3) is 0.188. The van der Waals surface area contributed by atoms with Crippen molar-refractivity contribution in [2.45, 2.75) is 24.0 Å². The maximum absolute atomic E-state index is 11.5. The Bertz CT molecular complexity index is 1890. The zero-order chi connectivity index (χ0) is 30.4. The van der Waals surface area contributed by atoms with Gasteiger partial charge in [-0.2, -0.15) is 0 Å². The fourth-order valence-electron chi connectivity index (χ4n) is 6.46. The van der Waals surface area contributed by atoms with Crippen LogP contribution in [0.4, 0.5) is 0 Å². The number of allylic oxidation sites excluding steroid dienone is 5. The first-order valence-corrected chi connectivity index (χ1v) is 13.3. The summed E-state index contributed by atoms with van der Waals surface area (Å²) in [5.41, 5.74) is 2.29. The Morgan fingerprint density at radius 1 is 0.628 bits per heavy atom. The van der Waals surface area contributed by atoms with Gasteiger partial charge in [-0.1, -0.05) is 0 Å². The summed E-state index contributed by atoms with van der Waals surface area (Å²) >= 11 is 0. The van der Waals surface area contributed by atoms with E-state index in [1.54, 1.807) is 6.08 Å². The Balaban J connectivity index is 0.000000140. The molecule has 0 saturated heterocycles. The Labute approximate surface area is 243 Å². The molecule has 0 saturated carbocycles. The van der Waals surface area contributed by atoms with E-state index in [4.69, 9.17) is 9.47 Å². The van der Waals surface area contributed by atoms with E-state index in [9.17, 15) is 45.3 Å². The van der Waals surface area contributed by atoms with E-state index in [0.717, 1.165) is 5.56 Å². The predicted molar refractivity (Wildman–Crippen MR) is 149 cm³/mol. The highest BCUT2D eigenvalue weighted by atomic mass is 16.5. The lowest BCUT2D eigenvalue weighted by atomic mass is 9.85. The molecule has 4 aliphatic carbocycles. The summed E-state index contributed by atoms with van der Waals surface area (Å²) in [4.78, 5) is 23.0. The molecule has 43 heavy (non-hydrogen) atoms. The van der Waals surface area contributed by atoms with Crippen molar-refractivity contribution in [3.63, 3.8) is 0 Å². The third kappa shape index (κ3) is 3.89. The molecule has 0 spiro atoms. The number of hydrogen-bond donors (Lipinski definition) is 7. The first-order valence-electron chi connectivity index (χ1n) is 13.3. The average Bonchev–Trinajstić information content (AvgIpc) is 3.41. The van der Waals surface area contributed by atoms with Crippen molar-refractivity contribution in [1.82, 2.24) is 0 Å². The number of phenolic OH excluding ortho intramolecular Hbond substituents is 4. The molecular formula is C32H24O11. The smallest absolute Gasteiger partial charge is 0.224 e. The second kappa shape index (κ2) is 8.87. The largest absolute Gasteiger partial charge is 0.504 e. The van der Waals surface area contributed by atoms with Gasteiger partial charge < -0.3 is 45.2 Å². The molecule has 0 bridgehead atoms. The quantitative estimate of drug-likeness (QED) is 0.225. The minimum absolute atomic E-state index is 0.0348. The van der Waals surface area contributed by atoms with Crippen molar-refractivity contribution >= 4 is 22.7 Å². The molecule has 2 aromatic carbocycles. The van der Waals surface area contributed by atoms with Crippen LogP contribution >= 0.6 is 0 Å². The molecule has 0 amide bonds. The van der Waals surface area contributed by atoms with E-state index in [1.165, 1.54) is 48.6 Å². The van der Waals surface area contributed by atoms with Gasteiger partial charge in [-0.3, -0.25) is 9.59 Å². The van der Waals surface area contributed by atoms with Crippen LogP contribution < -0.4 is 0 Å². The summed E-state index contributed by atoms with van der Waals surface area (Å²) in [6.45, 7) is -0.0858. The number of ketones is 2. The van der Waals surface area contributed by atoms with Gasteiger partial charge in [-0.05, 0) is 70.8 Å². The van der Waals surface area contributed by atoms with Crippen molar-refractivity contribution in [1.29, 1.82) is 0 Å². The number of aliphatic hydroxyl groups excluding tert-OH is 1. The van der Waals surface area contributed by atoms with Crippen LogP contribution in [0.15, 0.2) is 83.1 Å². The monoisotopic (exact) mass is 584 g/mol. The van der Waals surface area contributed by atoms with Crippen molar-refractivity contribution in [2.75, 3.05) is 13.2 Å². The van der Waals surface area contributed by atoms with Crippen LogP contribution in [0.2, 0.25) is 0 Å². The van der Waals surface area contributed by atoms with Gasteiger partial charge in [-0.15, -0.1) is 0 Å². The van der Waals surface area contributed by atoms with Gasteiger partial charge in [0.15, 0.2) is 34.5 Å². The van der Waals surface area contributed by atoms with Crippen molar-refractivity contribution < 1.29 is 54.8 Å². The molecule has 6 aliphatic rings. The van der Waals surface area contributed by atoms with E-state index in [-0.39, 0.29) is 54.2 Å². The number of fused-ring (bicyclic) bond motifs is 8. The van der Waals surface area contributed by atoms with Crippen molar-refractivity contribution in [3.05, 3.63) is 105 Å². The number of benzene rings is 2. The molecule has 0 radical (unpaired) electrons. The minimum atomic E-state index is -1.33. The first-order chi connectivity index (χ1) is 20.4. The summed E-state index contributed by atoms with van der Waals surface area (Å²) in [6.07, 6.45) is 7.62. The molecule has 11 nitrogen and oxygen atoms in total. The van der Waals surface area contributed by atoms with Crippen LogP contribution in [0.5, 0.6) is 23.0 Å². The molecule has 8 rings (SSSR count). The molecule has 2 aromatic rings. The average molecular weight is 585 g/mol. The van der Waals surface area contributed by atoms with Gasteiger partial charge in [0.25, 0.3) is 0 Å². The fourth-order valence-corrected chi connectivity index (χ4v) is 6.46. The van der Waals surface area contributed by atoms with E-state index < -0.39 is 22.7 Å². The van der Waals surface area contributed by atoms with Gasteiger partial charge >= 0.3 is 0 Å². The molecule has 0 fully saturated rings. The van der Waals surface area contributed by atoms with Gasteiger partial charge in [0.1, 0.15) is 30.2 Å². The van der Waals surface area contributed by atoms with E-state index >= 15 is 0 Å². The van der Waals surface area contributed by atoms with Crippen molar-refractivity contribution in [2.24, 2.45) is 0 Å². The Morgan fingerprint density at radius 3 is 1.74 bits per heavy atom. The maximum atomic E-state index is 11.5. The van der Waals surface area contributed by atoms with Crippen LogP contribution in [0.25, 0.3) is 11.1 Å². The highest BCUT2D eigenvalue weighted by Gasteiger charge is 2.48. The number of phenols is 4. The molecule has 2 heterocycles. The molecule has 11 heteroatoms. The normalized spacial score (nSPS) is 25.9. The first kappa shape index (κ1) is 26.6. The summed E-state index contributed by atoms with van der Waals surface area (Å²) < 4.78 is 10.9. The van der Waals surface area contributed by atoms with E-state index in [0.29, 0.717) is 51.2 Å². The van der Waals surface area contributed by atoms with E-state index in [2.05, 4.69) is 0 Å². The van der Waals surface area contributed by atoms with Crippen LogP contribution in [-0.4, -0.2) is 71.7 Å². The Morgan fingerprint density at radius 2 is 1.14 bits per heavy atom. The molecule has 218 valence electrons. The number of aromatic hydroxyl groups is 4. The highest BCUT2D eigenvalue weighted by Crippen LogP contribution is 2.52. The van der Waals surface area contributed by atoms with E-state index in [1.807, 2.05) is 0 Å². The van der Waals surface area contributed by atoms with Crippen LogP contribution in [0.3, 0.4) is 0 Å². The van der Waals surface area contributed by atoms with Crippen LogP contribution in [0.1, 0.15) is 22.3 Å². The molecular weight excluding hydrogens is 560 g/mol. The number of carbonyl (C=O) groups is 2. The summed E-state index contributed by atoms with van der Waals surface area (Å²) in [5.74, 6) is -1.76. The van der Waals surface area contributed by atoms with Crippen LogP contribution in [0, 0.1) is 0 Å². The van der Waals surface area contributed by atoms with Crippen LogP contribution in [-0.2, 0) is 31.9 Å². The SMILES string of the molecule is O=C1C=CC2=C3c4cc(O)c(O)cc4CC3(O)COC2=C1.O=C1C=CC2=C3c4cc(O)c(O)cc4CC3(O)COC2=C1O. The maximum Gasteiger partial charge on any atom is 0.224 e. The second-order valence-electron chi connectivity index (χ2n) is 11.2. The molecule has 2 atom stereocenters. The second-order valence-corrected chi connectivity index (χ2v) is 11.2. The summed E-state index contributed by atoms with van der Waals surface area (Å²) in [7, 11) is 0. The molecule has 2 unspecified atom stereocenters. The topological polar surface area (TPSA) is 194 Å². The number of ether oxygens (including phenoxy) is 2. The number of hydrogen-bond acceptors (Lipinski definition) is 11. The van der Waals surface area contributed by atoms with Gasteiger partial charge in [0, 0.05) is 41.2 Å². The third-order valence-corrected chi connectivity index (χ3v) is 8.34. The van der Waals surface area contributed by atoms with Gasteiger partial charge in [0.05, 0.1) is 0 Å². The lowest BCUT2D eigenvalue weighted by Gasteiger charge is -2.33. The van der Waals surface area contributed by atoms with Gasteiger partial charge in [0.2, 0.25) is 11.5 Å². The van der Waals surface area contributed by atoms with Crippen molar-refractivity contribution in [3.8, 4) is 23.0 Å². The number of rotatable bonds is 0. The number of aliphatic hydroxyl groups is 3. The zero-order valence-electron chi connectivity index (χ0n) is 22.3. The minimum Gasteiger partial charge on any atom is -0.504 e. The lowest BCUT2D eigenvalue weighted by Crippen LogP contribution is -2.39. The summed E-state index contributed by atoms with van der Waals surface area (Å²) in [6, 6.07) is 5.67.